The zero-order chi connectivity index (χ0) is 25.7. The molecule has 9 heteroatoms. The van der Waals surface area contributed by atoms with E-state index in [4.69, 9.17) is 10.8 Å². The summed E-state index contributed by atoms with van der Waals surface area (Å²) in [6.07, 6.45) is 1.34. The normalized spacial score (nSPS) is 12.3. The standard InChI is InChI=1S/C28H21FN6O2/c1-16(22-14-17-7-5-6-10-20(17)28(37)34(22)19-8-3-2-4-9-19)35-27-24(26(30)31-15-32-27)25(33-35)18-11-12-23(36)21(29)13-18/h2-16,36H,1H3,(H2,30,31,32). The number of phenolic OH excluding ortho intramolecular Hbond substituents is 1. The fourth-order valence-electron chi connectivity index (χ4n) is 4.68. The van der Waals surface area contributed by atoms with Crippen molar-refractivity contribution >= 4 is 27.6 Å². The SMILES string of the molecule is CC(c1cc2ccccc2c(=O)n1-c1ccccc1)n1nc(-c2ccc(O)c(F)c2)c2c(N)ncnc21. The molecule has 3 heterocycles. The van der Waals surface area contributed by atoms with Crippen molar-refractivity contribution in [2.45, 2.75) is 13.0 Å². The summed E-state index contributed by atoms with van der Waals surface area (Å²) in [6, 6.07) is 22.3. The first-order valence-corrected chi connectivity index (χ1v) is 11.6. The Kier molecular flexibility index (Phi) is 5.19. The maximum absolute atomic E-state index is 14.2. The molecule has 1 atom stereocenters. The number of benzene rings is 3. The predicted molar refractivity (Wildman–Crippen MR) is 140 cm³/mol. The highest BCUT2D eigenvalue weighted by Gasteiger charge is 2.24. The molecule has 0 bridgehead atoms. The fraction of sp³-hybridized carbons (Fsp3) is 0.0714. The Balaban J connectivity index is 1.64. The molecule has 0 saturated carbocycles. The van der Waals surface area contributed by atoms with Crippen molar-refractivity contribution in [2.75, 3.05) is 5.73 Å². The van der Waals surface area contributed by atoms with E-state index in [1.54, 1.807) is 21.4 Å². The first kappa shape index (κ1) is 22.4. The summed E-state index contributed by atoms with van der Waals surface area (Å²) < 4.78 is 17.6. The molecule has 6 rings (SSSR count). The third-order valence-electron chi connectivity index (χ3n) is 6.50. The van der Waals surface area contributed by atoms with Gasteiger partial charge in [-0.2, -0.15) is 5.10 Å². The Morgan fingerprint density at radius 3 is 2.51 bits per heavy atom. The third kappa shape index (κ3) is 3.59. The smallest absolute Gasteiger partial charge is 0.263 e. The lowest BCUT2D eigenvalue weighted by Crippen LogP contribution is -2.25. The van der Waals surface area contributed by atoms with Crippen molar-refractivity contribution < 1.29 is 9.50 Å². The molecule has 0 radical (unpaired) electrons. The molecule has 182 valence electrons. The molecule has 0 fully saturated rings. The summed E-state index contributed by atoms with van der Waals surface area (Å²) in [5.41, 5.74) is 8.68. The summed E-state index contributed by atoms with van der Waals surface area (Å²) in [5, 5.41) is 16.3. The summed E-state index contributed by atoms with van der Waals surface area (Å²) in [4.78, 5) is 22.3. The number of fused-ring (bicyclic) bond motifs is 2. The number of pyridine rings is 1. The first-order chi connectivity index (χ1) is 17.9. The van der Waals surface area contributed by atoms with Gasteiger partial charge >= 0.3 is 0 Å². The maximum Gasteiger partial charge on any atom is 0.263 e. The lowest BCUT2D eigenvalue weighted by molar-refractivity contribution is 0.432. The molecule has 0 saturated heterocycles. The van der Waals surface area contributed by atoms with Gasteiger partial charge in [-0.25, -0.2) is 19.0 Å². The van der Waals surface area contributed by atoms with Crippen LogP contribution in [0.5, 0.6) is 5.75 Å². The van der Waals surface area contributed by atoms with Crippen molar-refractivity contribution in [3.8, 4) is 22.7 Å². The van der Waals surface area contributed by atoms with Gasteiger partial charge in [0.2, 0.25) is 0 Å². The van der Waals surface area contributed by atoms with Crippen molar-refractivity contribution in [1.82, 2.24) is 24.3 Å². The lowest BCUT2D eigenvalue weighted by atomic mass is 10.1. The summed E-state index contributed by atoms with van der Waals surface area (Å²) in [7, 11) is 0. The van der Waals surface area contributed by atoms with Crippen LogP contribution in [0.25, 0.3) is 38.8 Å². The minimum Gasteiger partial charge on any atom is -0.505 e. The van der Waals surface area contributed by atoms with Gasteiger partial charge in [0.25, 0.3) is 5.56 Å². The molecule has 0 aliphatic carbocycles. The van der Waals surface area contributed by atoms with E-state index in [9.17, 15) is 14.3 Å². The molecule has 0 amide bonds. The molecule has 37 heavy (non-hydrogen) atoms. The minimum absolute atomic E-state index is 0.155. The topological polar surface area (TPSA) is 112 Å². The number of phenols is 1. The third-order valence-corrected chi connectivity index (χ3v) is 6.50. The van der Waals surface area contributed by atoms with Crippen LogP contribution in [0.2, 0.25) is 0 Å². The summed E-state index contributed by atoms with van der Waals surface area (Å²) in [6.45, 7) is 1.91. The molecule has 3 aromatic carbocycles. The Labute approximate surface area is 210 Å². The number of nitrogens with zero attached hydrogens (tertiary/aromatic N) is 5. The first-order valence-electron chi connectivity index (χ1n) is 11.6. The number of aromatic nitrogens is 5. The molecule has 8 nitrogen and oxygen atoms in total. The molecular weight excluding hydrogens is 471 g/mol. The number of para-hydroxylation sites is 1. The van der Waals surface area contributed by atoms with Crippen molar-refractivity contribution in [3.63, 3.8) is 0 Å². The Morgan fingerprint density at radius 2 is 1.73 bits per heavy atom. The van der Waals surface area contributed by atoms with E-state index >= 15 is 0 Å². The van der Waals surface area contributed by atoms with Crippen LogP contribution in [0.4, 0.5) is 10.2 Å². The predicted octanol–water partition coefficient (Wildman–Crippen LogP) is 4.83. The monoisotopic (exact) mass is 492 g/mol. The molecule has 0 aliphatic heterocycles. The van der Waals surface area contributed by atoms with Crippen LogP contribution in [0.3, 0.4) is 0 Å². The van der Waals surface area contributed by atoms with Gasteiger partial charge in [0.1, 0.15) is 17.8 Å². The van der Waals surface area contributed by atoms with Gasteiger partial charge in [0.15, 0.2) is 17.2 Å². The number of nitrogen functional groups attached to an aromatic ring is 1. The van der Waals surface area contributed by atoms with E-state index in [1.807, 2.05) is 61.5 Å². The van der Waals surface area contributed by atoms with Crippen LogP contribution in [0.1, 0.15) is 18.7 Å². The number of rotatable bonds is 4. The Hall–Kier alpha value is -5.05. The van der Waals surface area contributed by atoms with E-state index in [0.29, 0.717) is 39.1 Å². The van der Waals surface area contributed by atoms with Gasteiger partial charge in [0, 0.05) is 16.6 Å². The fourth-order valence-corrected chi connectivity index (χ4v) is 4.68. The second-order valence-corrected chi connectivity index (χ2v) is 8.73. The summed E-state index contributed by atoms with van der Waals surface area (Å²) in [5.74, 6) is -1.06. The second-order valence-electron chi connectivity index (χ2n) is 8.73. The second kappa shape index (κ2) is 8.56. The largest absolute Gasteiger partial charge is 0.505 e. The van der Waals surface area contributed by atoms with E-state index in [-0.39, 0.29) is 11.4 Å². The highest BCUT2D eigenvalue weighted by molar-refractivity contribution is 5.98. The number of anilines is 1. The van der Waals surface area contributed by atoms with Crippen LogP contribution < -0.4 is 11.3 Å². The minimum atomic E-state index is -0.781. The van der Waals surface area contributed by atoms with Crippen molar-refractivity contribution in [3.05, 3.63) is 107 Å². The van der Waals surface area contributed by atoms with E-state index < -0.39 is 17.6 Å². The molecule has 0 aliphatic rings. The molecule has 1 unspecified atom stereocenters. The molecule has 3 aromatic heterocycles. The van der Waals surface area contributed by atoms with E-state index in [1.165, 1.54) is 18.5 Å². The van der Waals surface area contributed by atoms with Gasteiger partial charge in [0.05, 0.1) is 17.1 Å². The van der Waals surface area contributed by atoms with Crippen LogP contribution in [-0.4, -0.2) is 29.4 Å². The highest BCUT2D eigenvalue weighted by Crippen LogP contribution is 2.35. The number of hydrogen-bond acceptors (Lipinski definition) is 6. The van der Waals surface area contributed by atoms with Crippen LogP contribution in [0.15, 0.2) is 90.0 Å². The number of hydrogen-bond donors (Lipinski definition) is 2. The Bertz CT molecular complexity index is 1860. The highest BCUT2D eigenvalue weighted by atomic mass is 19.1. The zero-order valence-corrected chi connectivity index (χ0v) is 19.7. The van der Waals surface area contributed by atoms with E-state index in [0.717, 1.165) is 5.39 Å². The van der Waals surface area contributed by atoms with E-state index in [2.05, 4.69) is 9.97 Å². The van der Waals surface area contributed by atoms with Crippen LogP contribution in [-0.2, 0) is 0 Å². The van der Waals surface area contributed by atoms with Gasteiger partial charge in [-0.1, -0.05) is 36.4 Å². The lowest BCUT2D eigenvalue weighted by Gasteiger charge is -2.20. The van der Waals surface area contributed by atoms with Crippen molar-refractivity contribution in [1.29, 1.82) is 0 Å². The Morgan fingerprint density at radius 1 is 0.973 bits per heavy atom. The average molecular weight is 493 g/mol. The van der Waals surface area contributed by atoms with Gasteiger partial charge < -0.3 is 10.8 Å². The van der Waals surface area contributed by atoms with Gasteiger partial charge in [-0.15, -0.1) is 0 Å². The van der Waals surface area contributed by atoms with Crippen molar-refractivity contribution in [2.24, 2.45) is 0 Å². The number of halogens is 1. The van der Waals surface area contributed by atoms with Gasteiger partial charge in [-0.3, -0.25) is 9.36 Å². The molecule has 0 spiro atoms. The summed E-state index contributed by atoms with van der Waals surface area (Å²) >= 11 is 0. The van der Waals surface area contributed by atoms with Gasteiger partial charge in [-0.05, 0) is 54.8 Å². The van der Waals surface area contributed by atoms with Crippen LogP contribution in [0, 0.1) is 5.82 Å². The molecule has 3 N–H and O–H groups in total. The number of nitrogens with two attached hydrogens (primary N) is 1. The maximum atomic E-state index is 14.2. The van der Waals surface area contributed by atoms with Crippen LogP contribution >= 0.6 is 0 Å². The number of aromatic hydroxyl groups is 1. The molecule has 6 aromatic rings. The average Bonchev–Trinajstić information content (AvgIpc) is 3.31. The zero-order valence-electron chi connectivity index (χ0n) is 19.7. The quantitative estimate of drug-likeness (QED) is 0.364. The molecular formula is C28H21FN6O2.